The highest BCUT2D eigenvalue weighted by Crippen LogP contribution is 2.42. The smallest absolute Gasteiger partial charge is 0.174 e. The third-order valence-electron chi connectivity index (χ3n) is 5.95. The summed E-state index contributed by atoms with van der Waals surface area (Å²) in [7, 11) is 1.68. The van der Waals surface area contributed by atoms with E-state index in [-0.39, 0.29) is 12.1 Å². The van der Waals surface area contributed by atoms with Crippen molar-refractivity contribution in [2.24, 2.45) is 0 Å². The van der Waals surface area contributed by atoms with Crippen LogP contribution >= 0.6 is 28.1 Å². The minimum atomic E-state index is -0.102. The van der Waals surface area contributed by atoms with E-state index < -0.39 is 0 Å². The Morgan fingerprint density at radius 2 is 1.79 bits per heavy atom. The third kappa shape index (κ3) is 4.03. The van der Waals surface area contributed by atoms with Crippen LogP contribution in [-0.4, -0.2) is 21.8 Å². The van der Waals surface area contributed by atoms with E-state index in [9.17, 15) is 0 Å². The Bertz CT molecular complexity index is 1290. The SMILES string of the molecule is COc1ccc(-n2cccc2[C@H]2[C@@H](c3ccccn3)NC(=S)N2c2ccc(Br)c(C)c2)cc1. The van der Waals surface area contributed by atoms with Crippen LogP contribution in [0.15, 0.2) is 89.7 Å². The zero-order valence-electron chi connectivity index (χ0n) is 18.3. The van der Waals surface area contributed by atoms with Gasteiger partial charge >= 0.3 is 0 Å². The molecule has 3 heterocycles. The predicted octanol–water partition coefficient (Wildman–Crippen LogP) is 6.13. The van der Waals surface area contributed by atoms with E-state index in [1.807, 2.05) is 36.5 Å². The molecule has 0 spiro atoms. The van der Waals surface area contributed by atoms with Gasteiger partial charge in [-0.15, -0.1) is 0 Å². The zero-order chi connectivity index (χ0) is 22.9. The molecular weight excluding hydrogens is 496 g/mol. The fraction of sp³-hybridized carbons (Fsp3) is 0.154. The van der Waals surface area contributed by atoms with E-state index in [2.05, 4.69) is 91.3 Å². The molecule has 1 aliphatic rings. The molecule has 2 atom stereocenters. The van der Waals surface area contributed by atoms with Crippen LogP contribution in [-0.2, 0) is 0 Å². The van der Waals surface area contributed by atoms with Crippen molar-refractivity contribution in [1.29, 1.82) is 0 Å². The van der Waals surface area contributed by atoms with Crippen molar-refractivity contribution in [2.75, 3.05) is 12.0 Å². The van der Waals surface area contributed by atoms with Gasteiger partial charge in [0.2, 0.25) is 0 Å². The van der Waals surface area contributed by atoms with Crippen molar-refractivity contribution < 1.29 is 4.74 Å². The number of aromatic nitrogens is 2. The van der Waals surface area contributed by atoms with E-state index in [4.69, 9.17) is 17.0 Å². The van der Waals surface area contributed by atoms with Gasteiger partial charge in [0.05, 0.1) is 18.8 Å². The molecule has 5 nitrogen and oxygen atoms in total. The van der Waals surface area contributed by atoms with Crippen LogP contribution in [0.5, 0.6) is 5.75 Å². The number of nitrogens with zero attached hydrogens (tertiary/aromatic N) is 3. The van der Waals surface area contributed by atoms with E-state index in [0.29, 0.717) is 5.11 Å². The molecule has 2 aromatic carbocycles. The van der Waals surface area contributed by atoms with Crippen molar-refractivity contribution >= 4 is 38.9 Å². The van der Waals surface area contributed by atoms with Gasteiger partial charge in [-0.2, -0.15) is 0 Å². The van der Waals surface area contributed by atoms with E-state index in [1.54, 1.807) is 7.11 Å². The average Bonchev–Trinajstić information content (AvgIpc) is 3.46. The van der Waals surface area contributed by atoms with Crippen molar-refractivity contribution in [3.05, 3.63) is 107 Å². The number of methoxy groups -OCH3 is 1. The Morgan fingerprint density at radius 3 is 2.48 bits per heavy atom. The number of nitrogens with one attached hydrogen (secondary N) is 1. The Hall–Kier alpha value is -3.16. The first-order valence-electron chi connectivity index (χ1n) is 10.7. The van der Waals surface area contributed by atoms with Gasteiger partial charge in [0.15, 0.2) is 5.11 Å². The molecule has 1 aliphatic heterocycles. The van der Waals surface area contributed by atoms with Crippen LogP contribution in [0, 0.1) is 6.92 Å². The molecule has 33 heavy (non-hydrogen) atoms. The fourth-order valence-corrected chi connectivity index (χ4v) is 4.92. The number of rotatable bonds is 5. The molecule has 1 fully saturated rings. The summed E-state index contributed by atoms with van der Waals surface area (Å²) in [4.78, 5) is 6.86. The molecule has 0 aliphatic carbocycles. The van der Waals surface area contributed by atoms with E-state index in [0.717, 1.165) is 38.5 Å². The first-order valence-corrected chi connectivity index (χ1v) is 11.9. The first kappa shape index (κ1) is 21.7. The van der Waals surface area contributed by atoms with Gasteiger partial charge in [0, 0.05) is 33.9 Å². The molecule has 0 amide bonds. The van der Waals surface area contributed by atoms with Gasteiger partial charge in [-0.05, 0) is 91.4 Å². The predicted molar refractivity (Wildman–Crippen MR) is 139 cm³/mol. The number of benzene rings is 2. The first-order chi connectivity index (χ1) is 16.1. The van der Waals surface area contributed by atoms with E-state index >= 15 is 0 Å². The normalized spacial score (nSPS) is 17.8. The molecule has 0 bridgehead atoms. The Kier molecular flexibility index (Phi) is 5.91. The molecule has 1 N–H and O–H groups in total. The largest absolute Gasteiger partial charge is 0.497 e. The summed E-state index contributed by atoms with van der Waals surface area (Å²) in [5.41, 5.74) is 5.31. The van der Waals surface area contributed by atoms with Crippen LogP contribution < -0.4 is 15.0 Å². The lowest BCUT2D eigenvalue weighted by atomic mass is 10.0. The van der Waals surface area contributed by atoms with Gasteiger partial charge in [0.25, 0.3) is 0 Å². The Morgan fingerprint density at radius 1 is 1.00 bits per heavy atom. The van der Waals surface area contributed by atoms with Crippen molar-refractivity contribution in [2.45, 2.75) is 19.0 Å². The lowest BCUT2D eigenvalue weighted by Crippen LogP contribution is -2.30. The second-order valence-corrected chi connectivity index (χ2v) is 9.17. The molecule has 7 heteroatoms. The van der Waals surface area contributed by atoms with Crippen LogP contribution in [0.1, 0.15) is 29.0 Å². The molecule has 4 aromatic rings. The Balaban J connectivity index is 1.65. The van der Waals surface area contributed by atoms with Gasteiger partial charge < -0.3 is 19.5 Å². The van der Waals surface area contributed by atoms with E-state index in [1.165, 1.54) is 0 Å². The molecule has 0 unspecified atom stereocenters. The van der Waals surface area contributed by atoms with Gasteiger partial charge in [0.1, 0.15) is 11.8 Å². The second-order valence-electron chi connectivity index (χ2n) is 7.93. The highest BCUT2D eigenvalue weighted by Gasteiger charge is 2.42. The van der Waals surface area contributed by atoms with Gasteiger partial charge in [-0.25, -0.2) is 0 Å². The second kappa shape index (κ2) is 9.00. The number of aryl methyl sites for hydroxylation is 1. The number of ether oxygens (including phenoxy) is 1. The van der Waals surface area contributed by atoms with Crippen LogP contribution in [0.4, 0.5) is 5.69 Å². The summed E-state index contributed by atoms with van der Waals surface area (Å²) in [6.45, 7) is 2.09. The van der Waals surface area contributed by atoms with Crippen LogP contribution in [0.3, 0.4) is 0 Å². The minimum Gasteiger partial charge on any atom is -0.497 e. The quantitative estimate of drug-likeness (QED) is 0.322. The third-order valence-corrected chi connectivity index (χ3v) is 7.16. The number of anilines is 1. The minimum absolute atomic E-state index is 0.0925. The van der Waals surface area contributed by atoms with Gasteiger partial charge in [-0.3, -0.25) is 4.98 Å². The highest BCUT2D eigenvalue weighted by molar-refractivity contribution is 9.10. The molecule has 0 radical (unpaired) electrons. The average molecular weight is 519 g/mol. The maximum absolute atomic E-state index is 5.87. The number of pyridine rings is 1. The van der Waals surface area contributed by atoms with Crippen LogP contribution in [0.2, 0.25) is 0 Å². The molecule has 1 saturated heterocycles. The summed E-state index contributed by atoms with van der Waals surface area (Å²) in [6.07, 6.45) is 3.91. The van der Waals surface area contributed by atoms with Crippen molar-refractivity contribution in [1.82, 2.24) is 14.9 Å². The number of hydrogen-bond donors (Lipinski definition) is 1. The molecular formula is C26H23BrN4OS. The maximum atomic E-state index is 5.87. The zero-order valence-corrected chi connectivity index (χ0v) is 20.7. The lowest BCUT2D eigenvalue weighted by Gasteiger charge is -2.29. The summed E-state index contributed by atoms with van der Waals surface area (Å²) >= 11 is 9.49. The number of halogens is 1. The molecule has 2 aromatic heterocycles. The van der Waals surface area contributed by atoms with Crippen molar-refractivity contribution in [3.63, 3.8) is 0 Å². The summed E-state index contributed by atoms with van der Waals surface area (Å²) < 4.78 is 8.62. The number of hydrogen-bond acceptors (Lipinski definition) is 3. The molecule has 5 rings (SSSR count). The standard InChI is InChI=1S/C26H23BrN4OS/c1-17-16-19(10-13-21(17)27)31-25(24(29-26(31)33)22-6-3-4-14-28-22)23-7-5-15-30(23)18-8-11-20(32-2)12-9-18/h3-16,24-25H,1-2H3,(H,29,33)/t24-,25+/m1/s1. The molecule has 166 valence electrons. The fourth-order valence-electron chi connectivity index (χ4n) is 4.33. The summed E-state index contributed by atoms with van der Waals surface area (Å²) in [5.74, 6) is 0.828. The topological polar surface area (TPSA) is 42.3 Å². The highest BCUT2D eigenvalue weighted by atomic mass is 79.9. The summed E-state index contributed by atoms with van der Waals surface area (Å²) in [6, 6.07) is 24.4. The maximum Gasteiger partial charge on any atom is 0.174 e. The monoisotopic (exact) mass is 518 g/mol. The molecule has 0 saturated carbocycles. The Labute approximate surface area is 207 Å². The lowest BCUT2D eigenvalue weighted by molar-refractivity contribution is 0.414. The number of thiocarbonyl (C=S) groups is 1. The summed E-state index contributed by atoms with van der Waals surface area (Å²) in [5, 5.41) is 4.22. The van der Waals surface area contributed by atoms with Crippen LogP contribution in [0.25, 0.3) is 5.69 Å². The van der Waals surface area contributed by atoms with Crippen molar-refractivity contribution in [3.8, 4) is 11.4 Å². The van der Waals surface area contributed by atoms with Gasteiger partial charge in [-0.1, -0.05) is 22.0 Å².